The zero-order chi connectivity index (χ0) is 22.6. The van der Waals surface area contributed by atoms with Crippen LogP contribution in [0.2, 0.25) is 0 Å². The Hall–Kier alpha value is -3.09. The summed E-state index contributed by atoms with van der Waals surface area (Å²) in [5.74, 6) is 1.48. The second kappa shape index (κ2) is 12.7. The van der Waals surface area contributed by atoms with Gasteiger partial charge in [-0.1, -0.05) is 60.7 Å². The van der Waals surface area contributed by atoms with Crippen LogP contribution in [-0.4, -0.2) is 36.3 Å². The van der Waals surface area contributed by atoms with Crippen molar-refractivity contribution in [2.24, 2.45) is 0 Å². The van der Waals surface area contributed by atoms with E-state index >= 15 is 0 Å². The van der Waals surface area contributed by atoms with Gasteiger partial charge in [-0.3, -0.25) is 9.59 Å². The highest BCUT2D eigenvalue weighted by atomic mass is 32.2. The van der Waals surface area contributed by atoms with Gasteiger partial charge in [0.15, 0.2) is 5.78 Å². The molecule has 3 aromatic carbocycles. The summed E-state index contributed by atoms with van der Waals surface area (Å²) in [7, 11) is 0. The molecule has 0 aliphatic rings. The van der Waals surface area contributed by atoms with Gasteiger partial charge in [0.25, 0.3) is 0 Å². The predicted octanol–water partition coefficient (Wildman–Crippen LogP) is 4.66. The number of amides is 1. The van der Waals surface area contributed by atoms with E-state index in [0.29, 0.717) is 18.1 Å². The zero-order valence-corrected chi connectivity index (χ0v) is 18.8. The molecular weight excluding hydrogens is 422 g/mol. The van der Waals surface area contributed by atoms with Crippen LogP contribution in [0.5, 0.6) is 11.5 Å². The summed E-state index contributed by atoms with van der Waals surface area (Å²) in [6.07, 6.45) is 2.05. The van der Waals surface area contributed by atoms with Crippen molar-refractivity contribution in [3.8, 4) is 11.5 Å². The Labute approximate surface area is 193 Å². The summed E-state index contributed by atoms with van der Waals surface area (Å²) in [5.41, 5.74) is 1.87. The number of hydrogen-bond donors (Lipinski definition) is 1. The minimum absolute atomic E-state index is 0.0933. The number of hydrogen-bond acceptors (Lipinski definition) is 5. The quantitative estimate of drug-likeness (QED) is 0.436. The van der Waals surface area contributed by atoms with Crippen molar-refractivity contribution in [1.29, 1.82) is 0 Å². The number of benzene rings is 3. The molecule has 0 bridgehead atoms. The Morgan fingerprint density at radius 3 is 2.12 bits per heavy atom. The molecule has 0 aromatic heterocycles. The van der Waals surface area contributed by atoms with E-state index < -0.39 is 6.04 Å². The fraction of sp³-hybridized carbons (Fsp3) is 0.231. The van der Waals surface area contributed by atoms with E-state index in [2.05, 4.69) is 5.32 Å². The zero-order valence-electron chi connectivity index (χ0n) is 18.0. The van der Waals surface area contributed by atoms with Gasteiger partial charge in [-0.2, -0.15) is 11.8 Å². The van der Waals surface area contributed by atoms with Crippen LogP contribution in [-0.2, 0) is 27.4 Å². The minimum Gasteiger partial charge on any atom is -0.457 e. The Bertz CT molecular complexity index is 978. The predicted molar refractivity (Wildman–Crippen MR) is 128 cm³/mol. The Morgan fingerprint density at radius 1 is 0.844 bits per heavy atom. The maximum absolute atomic E-state index is 12.9. The molecule has 0 saturated heterocycles. The number of ether oxygens (including phenoxy) is 2. The van der Waals surface area contributed by atoms with Gasteiger partial charge < -0.3 is 14.8 Å². The maximum atomic E-state index is 12.9. The van der Waals surface area contributed by atoms with Crippen molar-refractivity contribution in [2.75, 3.05) is 18.6 Å². The highest BCUT2D eigenvalue weighted by Gasteiger charge is 2.21. The third-order valence-corrected chi connectivity index (χ3v) is 5.23. The van der Waals surface area contributed by atoms with Crippen LogP contribution in [0.15, 0.2) is 84.9 Å². The molecule has 3 aromatic rings. The molecule has 0 aliphatic heterocycles. The molecule has 32 heavy (non-hydrogen) atoms. The molecule has 3 rings (SSSR count). The lowest BCUT2D eigenvalue weighted by molar-refractivity contribution is -0.127. The summed E-state index contributed by atoms with van der Waals surface area (Å²) >= 11 is 1.41. The van der Waals surface area contributed by atoms with Crippen molar-refractivity contribution >= 4 is 23.5 Å². The molecule has 1 N–H and O–H groups in total. The number of thioether (sulfide) groups is 1. The average Bonchev–Trinajstić information content (AvgIpc) is 2.81. The van der Waals surface area contributed by atoms with Crippen LogP contribution < -0.4 is 10.1 Å². The van der Waals surface area contributed by atoms with Crippen LogP contribution in [0.1, 0.15) is 11.1 Å². The standard InChI is InChI=1S/C26H27NO4S/c1-32-19-26(29)27-24(18-30-17-21-8-4-2-5-9-21)25(28)16-20-12-14-23(15-13-20)31-22-10-6-3-7-11-22/h2-15,24H,16-19H2,1H3,(H,27,29). The molecule has 0 radical (unpaired) electrons. The van der Waals surface area contributed by atoms with Crippen molar-refractivity contribution in [2.45, 2.75) is 19.1 Å². The van der Waals surface area contributed by atoms with E-state index in [-0.39, 0.29) is 24.7 Å². The number of para-hydroxylation sites is 1. The summed E-state index contributed by atoms with van der Waals surface area (Å²) in [6, 6.07) is 26.0. The number of nitrogens with one attached hydrogen (secondary N) is 1. The fourth-order valence-electron chi connectivity index (χ4n) is 3.08. The molecular formula is C26H27NO4S. The Balaban J connectivity index is 1.58. The SMILES string of the molecule is CSCC(=O)NC(COCc1ccccc1)C(=O)Cc1ccc(Oc2ccccc2)cc1. The highest BCUT2D eigenvalue weighted by Crippen LogP contribution is 2.21. The maximum Gasteiger partial charge on any atom is 0.230 e. The number of carbonyl (C=O) groups is 2. The third-order valence-electron chi connectivity index (χ3n) is 4.68. The molecule has 0 fully saturated rings. The second-order valence-corrected chi connectivity index (χ2v) is 8.12. The van der Waals surface area contributed by atoms with Crippen molar-refractivity contribution in [3.63, 3.8) is 0 Å². The first kappa shape index (κ1) is 23.6. The average molecular weight is 450 g/mol. The first-order valence-corrected chi connectivity index (χ1v) is 11.8. The van der Waals surface area contributed by atoms with Crippen molar-refractivity contribution < 1.29 is 19.1 Å². The first-order chi connectivity index (χ1) is 15.6. The Morgan fingerprint density at radius 2 is 1.47 bits per heavy atom. The van der Waals surface area contributed by atoms with E-state index in [1.54, 1.807) is 0 Å². The molecule has 1 amide bonds. The van der Waals surface area contributed by atoms with Crippen molar-refractivity contribution in [1.82, 2.24) is 5.32 Å². The van der Waals surface area contributed by atoms with Gasteiger partial charge in [0.2, 0.25) is 5.91 Å². The Kier molecular flexibility index (Phi) is 9.35. The molecule has 0 spiro atoms. The summed E-state index contributed by atoms with van der Waals surface area (Å²) < 4.78 is 11.5. The lowest BCUT2D eigenvalue weighted by atomic mass is 10.0. The van der Waals surface area contributed by atoms with E-state index in [4.69, 9.17) is 9.47 Å². The van der Waals surface area contributed by atoms with Crippen LogP contribution >= 0.6 is 11.8 Å². The van der Waals surface area contributed by atoms with Crippen LogP contribution in [0.3, 0.4) is 0 Å². The van der Waals surface area contributed by atoms with Crippen molar-refractivity contribution in [3.05, 3.63) is 96.1 Å². The lowest BCUT2D eigenvalue weighted by Gasteiger charge is -2.18. The van der Waals surface area contributed by atoms with Gasteiger partial charge in [-0.05, 0) is 41.6 Å². The van der Waals surface area contributed by atoms with Crippen LogP contribution in [0, 0.1) is 0 Å². The van der Waals surface area contributed by atoms with Gasteiger partial charge in [0.1, 0.15) is 17.5 Å². The number of carbonyl (C=O) groups excluding carboxylic acids is 2. The molecule has 0 saturated carbocycles. The molecule has 5 nitrogen and oxygen atoms in total. The van der Waals surface area contributed by atoms with E-state index in [1.165, 1.54) is 11.8 Å². The van der Waals surface area contributed by atoms with Crippen LogP contribution in [0.25, 0.3) is 0 Å². The smallest absolute Gasteiger partial charge is 0.230 e. The van der Waals surface area contributed by atoms with Gasteiger partial charge in [-0.25, -0.2) is 0 Å². The normalized spacial score (nSPS) is 11.5. The highest BCUT2D eigenvalue weighted by molar-refractivity contribution is 7.99. The van der Waals surface area contributed by atoms with Gasteiger partial charge in [0, 0.05) is 6.42 Å². The largest absolute Gasteiger partial charge is 0.457 e. The molecule has 0 heterocycles. The van der Waals surface area contributed by atoms with Gasteiger partial charge in [-0.15, -0.1) is 0 Å². The molecule has 6 heteroatoms. The van der Waals surface area contributed by atoms with E-state index in [1.807, 2.05) is 91.2 Å². The summed E-state index contributed by atoms with van der Waals surface area (Å²) in [4.78, 5) is 25.0. The third kappa shape index (κ3) is 7.87. The topological polar surface area (TPSA) is 64.6 Å². The fourth-order valence-corrected chi connectivity index (χ4v) is 3.42. The molecule has 1 unspecified atom stereocenters. The van der Waals surface area contributed by atoms with Gasteiger partial charge in [0.05, 0.1) is 19.0 Å². The monoisotopic (exact) mass is 449 g/mol. The minimum atomic E-state index is -0.696. The molecule has 1 atom stereocenters. The van der Waals surface area contributed by atoms with Crippen LogP contribution in [0.4, 0.5) is 0 Å². The lowest BCUT2D eigenvalue weighted by Crippen LogP contribution is -2.45. The van der Waals surface area contributed by atoms with Gasteiger partial charge >= 0.3 is 0 Å². The van der Waals surface area contributed by atoms with E-state index in [0.717, 1.165) is 16.9 Å². The molecule has 0 aliphatic carbocycles. The first-order valence-electron chi connectivity index (χ1n) is 10.4. The number of rotatable bonds is 12. The van der Waals surface area contributed by atoms with E-state index in [9.17, 15) is 9.59 Å². The summed E-state index contributed by atoms with van der Waals surface area (Å²) in [5, 5.41) is 2.81. The second-order valence-electron chi connectivity index (χ2n) is 7.26. The summed E-state index contributed by atoms with van der Waals surface area (Å²) in [6.45, 7) is 0.511. The molecule has 166 valence electrons. The number of Topliss-reactive ketones (excluding diaryl/α,β-unsaturated/α-hetero) is 1. The number of ketones is 1.